The summed E-state index contributed by atoms with van der Waals surface area (Å²) in [4.78, 5) is 25.2. The summed E-state index contributed by atoms with van der Waals surface area (Å²) in [5.41, 5.74) is 0. The molecule has 1 N–H and O–H groups in total. The molecule has 0 aromatic heterocycles. The largest absolute Gasteiger partial charge is 0.480 e. The molecule has 1 aliphatic heterocycles. The first-order valence-electron chi connectivity index (χ1n) is 7.82. The Morgan fingerprint density at radius 3 is 2.52 bits per heavy atom. The second-order valence-corrected chi connectivity index (χ2v) is 6.55. The van der Waals surface area contributed by atoms with E-state index in [9.17, 15) is 14.7 Å². The van der Waals surface area contributed by atoms with E-state index in [0.29, 0.717) is 18.7 Å². The number of hydrogen-bond donors (Lipinski definition) is 2. The second kappa shape index (κ2) is 7.49. The van der Waals surface area contributed by atoms with Crippen molar-refractivity contribution < 1.29 is 19.4 Å². The number of ether oxygens (including phenoxy) is 1. The third-order valence-electron chi connectivity index (χ3n) is 4.46. The van der Waals surface area contributed by atoms with Crippen LogP contribution in [0.4, 0.5) is 0 Å². The number of carboxylic acids is 1. The van der Waals surface area contributed by atoms with Gasteiger partial charge in [0.05, 0.1) is 12.2 Å². The highest BCUT2D eigenvalue weighted by Gasteiger charge is 2.41. The number of rotatable bonds is 5. The summed E-state index contributed by atoms with van der Waals surface area (Å²) < 4.78 is 6.05. The third kappa shape index (κ3) is 4.13. The number of carbonyl (C=O) groups excluding carboxylic acids is 1. The van der Waals surface area contributed by atoms with Gasteiger partial charge in [0.25, 0.3) is 0 Å². The summed E-state index contributed by atoms with van der Waals surface area (Å²) in [5, 5.41) is 9.34. The van der Waals surface area contributed by atoms with E-state index in [2.05, 4.69) is 12.6 Å². The average molecular weight is 315 g/mol. The Kier molecular flexibility index (Phi) is 5.93. The lowest BCUT2D eigenvalue weighted by Gasteiger charge is -2.26. The zero-order valence-corrected chi connectivity index (χ0v) is 13.4. The summed E-state index contributed by atoms with van der Waals surface area (Å²) >= 11 is 4.13. The standard InChI is InChI=1S/C15H25NO4S/c1-10(9-21)14(17)16-8-12(7-13(16)15(18)19)20-11-5-3-2-4-6-11/h10-13,21H,2-9H2,1H3,(H,18,19)/t10?,12-,13+/m1/s1. The molecule has 2 aliphatic rings. The summed E-state index contributed by atoms with van der Waals surface area (Å²) in [6, 6.07) is -0.756. The molecular weight excluding hydrogens is 290 g/mol. The van der Waals surface area contributed by atoms with E-state index in [1.807, 2.05) is 0 Å². The van der Waals surface area contributed by atoms with Crippen LogP contribution in [-0.4, -0.2) is 52.4 Å². The van der Waals surface area contributed by atoms with Crippen LogP contribution in [0.1, 0.15) is 45.4 Å². The predicted octanol–water partition coefficient (Wildman–Crippen LogP) is 1.96. The first-order valence-corrected chi connectivity index (χ1v) is 8.45. The number of nitrogens with zero attached hydrogens (tertiary/aromatic N) is 1. The van der Waals surface area contributed by atoms with Crippen molar-refractivity contribution in [1.29, 1.82) is 0 Å². The molecule has 120 valence electrons. The summed E-state index contributed by atoms with van der Waals surface area (Å²) in [5.74, 6) is -0.907. The molecule has 2 fully saturated rings. The fourth-order valence-electron chi connectivity index (χ4n) is 3.21. The normalized spacial score (nSPS) is 28.6. The number of amides is 1. The lowest BCUT2D eigenvalue weighted by Crippen LogP contribution is -2.43. The van der Waals surface area contributed by atoms with Crippen molar-refractivity contribution in [1.82, 2.24) is 4.90 Å². The smallest absolute Gasteiger partial charge is 0.326 e. The Morgan fingerprint density at radius 2 is 1.95 bits per heavy atom. The van der Waals surface area contributed by atoms with Crippen molar-refractivity contribution in [2.75, 3.05) is 12.3 Å². The minimum absolute atomic E-state index is 0.132. The monoisotopic (exact) mass is 315 g/mol. The van der Waals surface area contributed by atoms with Crippen LogP contribution in [0.15, 0.2) is 0 Å². The van der Waals surface area contributed by atoms with Crippen LogP contribution in [0.25, 0.3) is 0 Å². The zero-order valence-electron chi connectivity index (χ0n) is 12.5. The molecule has 2 rings (SSSR count). The van der Waals surface area contributed by atoms with Crippen molar-refractivity contribution in [3.63, 3.8) is 0 Å². The number of carbonyl (C=O) groups is 2. The highest BCUT2D eigenvalue weighted by atomic mass is 32.1. The van der Waals surface area contributed by atoms with Crippen molar-refractivity contribution in [3.05, 3.63) is 0 Å². The number of thiol groups is 1. The summed E-state index contributed by atoms with van der Waals surface area (Å²) in [7, 11) is 0. The lowest BCUT2D eigenvalue weighted by molar-refractivity contribution is -0.149. The molecule has 1 saturated carbocycles. The molecule has 5 nitrogen and oxygen atoms in total. The average Bonchev–Trinajstić information content (AvgIpc) is 2.90. The fourth-order valence-corrected chi connectivity index (χ4v) is 3.36. The van der Waals surface area contributed by atoms with Crippen molar-refractivity contribution >= 4 is 24.5 Å². The van der Waals surface area contributed by atoms with Gasteiger partial charge in [-0.05, 0) is 12.8 Å². The van der Waals surface area contributed by atoms with E-state index in [0.717, 1.165) is 12.8 Å². The Hall–Kier alpha value is -0.750. The van der Waals surface area contributed by atoms with Gasteiger partial charge in [0.15, 0.2) is 0 Å². The van der Waals surface area contributed by atoms with Crippen LogP contribution in [0, 0.1) is 5.92 Å². The van der Waals surface area contributed by atoms with Crippen LogP contribution >= 0.6 is 12.6 Å². The number of hydrogen-bond acceptors (Lipinski definition) is 4. The van der Waals surface area contributed by atoms with Gasteiger partial charge in [-0.25, -0.2) is 4.79 Å². The van der Waals surface area contributed by atoms with Gasteiger partial charge < -0.3 is 14.7 Å². The Bertz CT molecular complexity index is 384. The third-order valence-corrected chi connectivity index (χ3v) is 5.01. The van der Waals surface area contributed by atoms with E-state index in [1.165, 1.54) is 24.2 Å². The molecular formula is C15H25NO4S. The lowest BCUT2D eigenvalue weighted by atomic mass is 9.97. The van der Waals surface area contributed by atoms with Crippen LogP contribution in [0.3, 0.4) is 0 Å². The second-order valence-electron chi connectivity index (χ2n) is 6.18. The number of carboxylic acid groups (broad SMARTS) is 1. The SMILES string of the molecule is CC(CS)C(=O)N1C[C@H](OC2CCCCC2)C[C@H]1C(=O)O. The first-order chi connectivity index (χ1) is 10.0. The molecule has 0 bridgehead atoms. The number of aliphatic carboxylic acids is 1. The highest BCUT2D eigenvalue weighted by molar-refractivity contribution is 7.80. The van der Waals surface area contributed by atoms with Crippen molar-refractivity contribution in [3.8, 4) is 0 Å². The molecule has 1 amide bonds. The maximum atomic E-state index is 12.3. The molecule has 0 aromatic carbocycles. The zero-order chi connectivity index (χ0) is 15.4. The van der Waals surface area contributed by atoms with E-state index >= 15 is 0 Å². The summed E-state index contributed by atoms with van der Waals surface area (Å²) in [6.07, 6.45) is 6.20. The minimum atomic E-state index is -0.940. The van der Waals surface area contributed by atoms with Gasteiger partial charge in [0.1, 0.15) is 6.04 Å². The Balaban J connectivity index is 1.97. The van der Waals surface area contributed by atoms with E-state index in [4.69, 9.17) is 4.74 Å². The van der Waals surface area contributed by atoms with Gasteiger partial charge in [-0.15, -0.1) is 0 Å². The molecule has 0 aromatic rings. The van der Waals surface area contributed by atoms with Crippen LogP contribution < -0.4 is 0 Å². The van der Waals surface area contributed by atoms with Crippen LogP contribution in [-0.2, 0) is 14.3 Å². The topological polar surface area (TPSA) is 66.8 Å². The Morgan fingerprint density at radius 1 is 1.29 bits per heavy atom. The molecule has 1 saturated heterocycles. The molecule has 1 aliphatic carbocycles. The molecule has 0 radical (unpaired) electrons. The van der Waals surface area contributed by atoms with Gasteiger partial charge in [-0.2, -0.15) is 12.6 Å². The van der Waals surface area contributed by atoms with Gasteiger partial charge in [-0.1, -0.05) is 26.2 Å². The molecule has 3 atom stereocenters. The molecule has 1 heterocycles. The van der Waals surface area contributed by atoms with Crippen LogP contribution in [0.2, 0.25) is 0 Å². The quantitative estimate of drug-likeness (QED) is 0.761. The molecule has 6 heteroatoms. The van der Waals surface area contributed by atoms with Crippen molar-refractivity contribution in [2.45, 2.75) is 63.7 Å². The summed E-state index contributed by atoms with van der Waals surface area (Å²) in [6.45, 7) is 2.17. The van der Waals surface area contributed by atoms with Gasteiger partial charge in [0.2, 0.25) is 5.91 Å². The number of likely N-dealkylation sites (tertiary alicyclic amines) is 1. The maximum Gasteiger partial charge on any atom is 0.326 e. The molecule has 0 spiro atoms. The predicted molar refractivity (Wildman–Crippen MR) is 82.5 cm³/mol. The first kappa shape index (κ1) is 16.6. The minimum Gasteiger partial charge on any atom is -0.480 e. The molecule has 1 unspecified atom stereocenters. The van der Waals surface area contributed by atoms with Gasteiger partial charge >= 0.3 is 5.97 Å². The van der Waals surface area contributed by atoms with Gasteiger partial charge in [-0.3, -0.25) is 4.79 Å². The van der Waals surface area contributed by atoms with E-state index in [1.54, 1.807) is 6.92 Å². The molecule has 21 heavy (non-hydrogen) atoms. The highest BCUT2D eigenvalue weighted by Crippen LogP contribution is 2.28. The van der Waals surface area contributed by atoms with Crippen LogP contribution in [0.5, 0.6) is 0 Å². The van der Waals surface area contributed by atoms with Crippen molar-refractivity contribution in [2.24, 2.45) is 5.92 Å². The van der Waals surface area contributed by atoms with E-state index < -0.39 is 12.0 Å². The Labute approximate surface area is 131 Å². The maximum absolute atomic E-state index is 12.3. The van der Waals surface area contributed by atoms with E-state index in [-0.39, 0.29) is 24.0 Å². The fraction of sp³-hybridized carbons (Fsp3) is 0.867. The van der Waals surface area contributed by atoms with Gasteiger partial charge in [0, 0.05) is 24.6 Å².